The molecule has 1 heterocycles. The molecule has 0 spiro atoms. The normalized spacial score (nSPS) is 11.4. The summed E-state index contributed by atoms with van der Waals surface area (Å²) in [7, 11) is 0. The average molecular weight is 268 g/mol. The number of halogens is 3. The molecule has 0 radical (unpaired) electrons. The van der Waals surface area contributed by atoms with Gasteiger partial charge in [-0.3, -0.25) is 0 Å². The van der Waals surface area contributed by atoms with Gasteiger partial charge in [-0.2, -0.15) is 13.2 Å². The van der Waals surface area contributed by atoms with Gasteiger partial charge in [0, 0.05) is 6.07 Å². The Kier molecular flexibility index (Phi) is 3.33. The van der Waals surface area contributed by atoms with Crippen LogP contribution in [0.3, 0.4) is 0 Å². The van der Waals surface area contributed by atoms with Crippen LogP contribution in [0.2, 0.25) is 0 Å². The average Bonchev–Trinajstić information content (AvgIpc) is 2.33. The predicted molar refractivity (Wildman–Crippen MR) is 64.9 cm³/mol. The van der Waals surface area contributed by atoms with Crippen molar-refractivity contribution in [3.05, 3.63) is 47.7 Å². The van der Waals surface area contributed by atoms with E-state index < -0.39 is 11.7 Å². The summed E-state index contributed by atoms with van der Waals surface area (Å²) in [6.07, 6.45) is -3.00. The van der Waals surface area contributed by atoms with E-state index in [9.17, 15) is 13.2 Å². The Hall–Kier alpha value is -2.24. The molecule has 0 bridgehead atoms. The Morgan fingerprint density at radius 1 is 1.21 bits per heavy atom. The molecule has 2 N–H and O–H groups in total. The summed E-state index contributed by atoms with van der Waals surface area (Å²) in [4.78, 5) is 3.90. The van der Waals surface area contributed by atoms with Crippen molar-refractivity contribution in [2.75, 3.05) is 5.73 Å². The Morgan fingerprint density at radius 3 is 2.58 bits per heavy atom. The van der Waals surface area contributed by atoms with Gasteiger partial charge >= 0.3 is 6.18 Å². The van der Waals surface area contributed by atoms with E-state index >= 15 is 0 Å². The van der Waals surface area contributed by atoms with Crippen LogP contribution in [0.5, 0.6) is 11.6 Å². The molecule has 0 aliphatic carbocycles. The lowest BCUT2D eigenvalue weighted by atomic mass is 10.2. The monoisotopic (exact) mass is 268 g/mol. The molecule has 1 aromatic carbocycles. The lowest BCUT2D eigenvalue weighted by Gasteiger charge is -2.10. The van der Waals surface area contributed by atoms with Crippen LogP contribution in [0.1, 0.15) is 11.1 Å². The first-order chi connectivity index (χ1) is 8.86. The highest BCUT2D eigenvalue weighted by atomic mass is 19.4. The van der Waals surface area contributed by atoms with E-state index in [2.05, 4.69) is 4.98 Å². The number of ether oxygens (including phenoxy) is 1. The van der Waals surface area contributed by atoms with Crippen LogP contribution in [0.4, 0.5) is 18.9 Å². The minimum atomic E-state index is -4.40. The molecular weight excluding hydrogens is 257 g/mol. The van der Waals surface area contributed by atoms with Crippen molar-refractivity contribution < 1.29 is 17.9 Å². The number of nitrogens with two attached hydrogens (primary N) is 1. The number of pyridine rings is 1. The number of benzene rings is 1. The fraction of sp³-hybridized carbons (Fsp3) is 0.154. The van der Waals surface area contributed by atoms with Crippen LogP contribution < -0.4 is 10.5 Å². The molecule has 19 heavy (non-hydrogen) atoms. The third-order valence-electron chi connectivity index (χ3n) is 2.51. The first kappa shape index (κ1) is 13.2. The van der Waals surface area contributed by atoms with Gasteiger partial charge in [0.25, 0.3) is 0 Å². The molecule has 0 saturated heterocycles. The maximum absolute atomic E-state index is 12.5. The molecule has 2 aromatic rings. The van der Waals surface area contributed by atoms with Crippen molar-refractivity contribution in [2.24, 2.45) is 0 Å². The van der Waals surface area contributed by atoms with Gasteiger partial charge in [-0.15, -0.1) is 0 Å². The second-order valence-corrected chi connectivity index (χ2v) is 4.01. The van der Waals surface area contributed by atoms with Crippen molar-refractivity contribution in [1.82, 2.24) is 4.98 Å². The zero-order chi connectivity index (χ0) is 14.0. The largest absolute Gasteiger partial charge is 0.439 e. The van der Waals surface area contributed by atoms with Gasteiger partial charge in [-0.1, -0.05) is 6.07 Å². The summed E-state index contributed by atoms with van der Waals surface area (Å²) in [5.74, 6) is 0.275. The number of hydrogen-bond acceptors (Lipinski definition) is 3. The summed E-state index contributed by atoms with van der Waals surface area (Å²) in [6, 6.07) is 6.18. The van der Waals surface area contributed by atoms with Gasteiger partial charge in [0.1, 0.15) is 5.75 Å². The Bertz CT molecular complexity index is 597. The van der Waals surface area contributed by atoms with Crippen LogP contribution in [0.15, 0.2) is 36.5 Å². The molecule has 0 unspecified atom stereocenters. The first-order valence-corrected chi connectivity index (χ1v) is 5.43. The van der Waals surface area contributed by atoms with Crippen LogP contribution in [0.25, 0.3) is 0 Å². The molecule has 3 nitrogen and oxygen atoms in total. The van der Waals surface area contributed by atoms with Crippen LogP contribution in [-0.4, -0.2) is 4.98 Å². The zero-order valence-electron chi connectivity index (χ0n) is 10.0. The smallest absolute Gasteiger partial charge is 0.416 e. The van der Waals surface area contributed by atoms with Gasteiger partial charge in [0.15, 0.2) is 0 Å². The standard InChI is InChI=1S/C13H11F3N2O/c1-8-5-12(18-7-11(8)17)19-10-4-2-3-9(6-10)13(14,15)16/h2-7H,17H2,1H3. The summed E-state index contributed by atoms with van der Waals surface area (Å²) in [5, 5.41) is 0. The van der Waals surface area contributed by atoms with Gasteiger partial charge in [-0.25, -0.2) is 4.98 Å². The van der Waals surface area contributed by atoms with Crippen molar-refractivity contribution in [1.29, 1.82) is 0 Å². The van der Waals surface area contributed by atoms with Crippen molar-refractivity contribution in [2.45, 2.75) is 13.1 Å². The molecular formula is C13H11F3N2O. The first-order valence-electron chi connectivity index (χ1n) is 5.43. The molecule has 1 aromatic heterocycles. The molecule has 0 saturated carbocycles. The van der Waals surface area contributed by atoms with Crippen LogP contribution in [0, 0.1) is 6.92 Å². The number of nitrogen functional groups attached to an aromatic ring is 1. The summed E-state index contributed by atoms with van der Waals surface area (Å²) in [6.45, 7) is 1.76. The number of anilines is 1. The molecule has 0 aliphatic rings. The number of aryl methyl sites for hydroxylation is 1. The molecule has 100 valence electrons. The maximum atomic E-state index is 12.5. The second kappa shape index (κ2) is 4.79. The number of alkyl halides is 3. The van der Waals surface area contributed by atoms with E-state index in [0.29, 0.717) is 5.69 Å². The van der Waals surface area contributed by atoms with Gasteiger partial charge in [-0.05, 0) is 30.7 Å². The number of rotatable bonds is 2. The van der Waals surface area contributed by atoms with Gasteiger partial charge < -0.3 is 10.5 Å². The van der Waals surface area contributed by atoms with E-state index in [1.54, 1.807) is 13.0 Å². The molecule has 6 heteroatoms. The topological polar surface area (TPSA) is 48.1 Å². The number of hydrogen-bond donors (Lipinski definition) is 1. The van der Waals surface area contributed by atoms with Crippen LogP contribution >= 0.6 is 0 Å². The highest BCUT2D eigenvalue weighted by Crippen LogP contribution is 2.32. The lowest BCUT2D eigenvalue weighted by molar-refractivity contribution is -0.137. The van der Waals surface area contributed by atoms with Crippen molar-refractivity contribution in [3.8, 4) is 11.6 Å². The van der Waals surface area contributed by atoms with Gasteiger partial charge in [0.2, 0.25) is 5.88 Å². The summed E-state index contributed by atoms with van der Waals surface area (Å²) in [5.41, 5.74) is 6.07. The quantitative estimate of drug-likeness (QED) is 0.901. The molecule has 0 amide bonds. The molecule has 2 rings (SSSR count). The minimum Gasteiger partial charge on any atom is -0.439 e. The van der Waals surface area contributed by atoms with E-state index in [0.717, 1.165) is 17.7 Å². The van der Waals surface area contributed by atoms with E-state index in [-0.39, 0.29) is 11.6 Å². The fourth-order valence-electron chi connectivity index (χ4n) is 1.45. The third kappa shape index (κ3) is 3.15. The predicted octanol–water partition coefficient (Wildman–Crippen LogP) is 3.78. The third-order valence-corrected chi connectivity index (χ3v) is 2.51. The van der Waals surface area contributed by atoms with Crippen molar-refractivity contribution >= 4 is 5.69 Å². The lowest BCUT2D eigenvalue weighted by Crippen LogP contribution is -2.04. The number of nitrogens with zero attached hydrogens (tertiary/aromatic N) is 1. The Balaban J connectivity index is 2.26. The fourth-order valence-corrected chi connectivity index (χ4v) is 1.45. The minimum absolute atomic E-state index is 0.0755. The number of aromatic nitrogens is 1. The zero-order valence-corrected chi connectivity index (χ0v) is 10.0. The van der Waals surface area contributed by atoms with Crippen molar-refractivity contribution in [3.63, 3.8) is 0 Å². The molecule has 0 fully saturated rings. The van der Waals surface area contributed by atoms with E-state index in [1.165, 1.54) is 18.3 Å². The Labute approximate surface area is 107 Å². The van der Waals surface area contributed by atoms with Crippen LogP contribution in [-0.2, 0) is 6.18 Å². The summed E-state index contributed by atoms with van der Waals surface area (Å²) >= 11 is 0. The molecule has 0 aliphatic heterocycles. The Morgan fingerprint density at radius 2 is 1.95 bits per heavy atom. The highest BCUT2D eigenvalue weighted by molar-refractivity contribution is 5.46. The maximum Gasteiger partial charge on any atom is 0.416 e. The summed E-state index contributed by atoms with van der Waals surface area (Å²) < 4.78 is 42.9. The van der Waals surface area contributed by atoms with E-state index in [4.69, 9.17) is 10.5 Å². The molecule has 0 atom stereocenters. The highest BCUT2D eigenvalue weighted by Gasteiger charge is 2.30. The van der Waals surface area contributed by atoms with E-state index in [1.807, 2.05) is 0 Å². The SMILES string of the molecule is Cc1cc(Oc2cccc(C(F)(F)F)c2)ncc1N. The van der Waals surface area contributed by atoms with Gasteiger partial charge in [0.05, 0.1) is 17.4 Å². The second-order valence-electron chi connectivity index (χ2n) is 4.01.